The number of rotatable bonds is 4. The van der Waals surface area contributed by atoms with Crippen LogP contribution in [0.4, 0.5) is 4.39 Å². The first-order valence-electron chi connectivity index (χ1n) is 13.3. The van der Waals surface area contributed by atoms with Crippen molar-refractivity contribution in [2.45, 2.75) is 83.9 Å². The third kappa shape index (κ3) is 5.08. The van der Waals surface area contributed by atoms with E-state index in [0.717, 1.165) is 70.9 Å². The predicted octanol–water partition coefficient (Wildman–Crippen LogP) is 3.99. The van der Waals surface area contributed by atoms with Gasteiger partial charge in [0, 0.05) is 42.9 Å². The molecule has 3 N–H and O–H groups in total. The summed E-state index contributed by atoms with van der Waals surface area (Å²) in [6.45, 7) is 6.34. The van der Waals surface area contributed by atoms with E-state index < -0.39 is 18.1 Å². The minimum Gasteiger partial charge on any atom is -0.478 e. The molecule has 0 spiro atoms. The molecule has 4 saturated carbocycles. The van der Waals surface area contributed by atoms with Gasteiger partial charge in [0.25, 0.3) is 0 Å². The van der Waals surface area contributed by atoms with Crippen LogP contribution >= 0.6 is 0 Å². The second kappa shape index (κ2) is 10.6. The summed E-state index contributed by atoms with van der Waals surface area (Å²) in [5.41, 5.74) is 0.595. The second-order valence-corrected chi connectivity index (χ2v) is 11.7. The van der Waals surface area contributed by atoms with Gasteiger partial charge in [-0.05, 0) is 74.7 Å². The van der Waals surface area contributed by atoms with E-state index >= 15 is 4.39 Å². The number of carbonyl (C=O) groups is 3. The highest BCUT2D eigenvalue weighted by Crippen LogP contribution is 2.65. The summed E-state index contributed by atoms with van der Waals surface area (Å²) in [6.07, 6.45) is 8.89. The minimum atomic E-state index is -1.26. The molecule has 1 heterocycles. The zero-order valence-corrected chi connectivity index (χ0v) is 21.2. The van der Waals surface area contributed by atoms with Crippen LogP contribution in [0.15, 0.2) is 17.3 Å². The first-order chi connectivity index (χ1) is 17.1. The van der Waals surface area contributed by atoms with Crippen LogP contribution in [0.2, 0.25) is 0 Å². The Morgan fingerprint density at radius 1 is 1.00 bits per heavy atom. The van der Waals surface area contributed by atoms with Gasteiger partial charge in [-0.25, -0.2) is 14.0 Å². The maximum atomic E-state index is 15.6. The van der Waals surface area contributed by atoms with E-state index in [1.54, 1.807) is 0 Å². The summed E-state index contributed by atoms with van der Waals surface area (Å²) < 4.78 is 15.6. The van der Waals surface area contributed by atoms with Gasteiger partial charge in [-0.1, -0.05) is 19.0 Å². The van der Waals surface area contributed by atoms with Crippen LogP contribution in [-0.4, -0.2) is 59.0 Å². The third-order valence-corrected chi connectivity index (χ3v) is 9.95. The maximum Gasteiger partial charge on any atom is 0.328 e. The smallest absolute Gasteiger partial charge is 0.328 e. The highest BCUT2D eigenvalue weighted by Gasteiger charge is 2.61. The van der Waals surface area contributed by atoms with Gasteiger partial charge in [-0.3, -0.25) is 4.79 Å². The number of ketones is 1. The van der Waals surface area contributed by atoms with Crippen LogP contribution in [0.5, 0.6) is 0 Å². The lowest BCUT2D eigenvalue weighted by molar-refractivity contribution is -0.139. The van der Waals surface area contributed by atoms with Crippen molar-refractivity contribution in [1.29, 1.82) is 0 Å². The topological polar surface area (TPSA) is 125 Å². The molecule has 0 aromatic rings. The van der Waals surface area contributed by atoms with Crippen LogP contribution in [0.1, 0.15) is 71.6 Å². The molecule has 1 aliphatic heterocycles. The lowest BCUT2D eigenvalue weighted by Crippen LogP contribution is -2.56. The molecule has 0 aromatic carbocycles. The van der Waals surface area contributed by atoms with E-state index in [0.29, 0.717) is 41.4 Å². The summed E-state index contributed by atoms with van der Waals surface area (Å²) in [7, 11) is 0. The second-order valence-electron chi connectivity index (χ2n) is 11.7. The van der Waals surface area contributed by atoms with Crippen molar-refractivity contribution in [2.24, 2.45) is 39.7 Å². The van der Waals surface area contributed by atoms with E-state index in [4.69, 9.17) is 15.1 Å². The quantitative estimate of drug-likeness (QED) is 0.389. The van der Waals surface area contributed by atoms with E-state index in [2.05, 4.69) is 24.3 Å². The monoisotopic (exact) mass is 506 g/mol. The number of nitrogens with zero attached hydrogens (tertiary/aromatic N) is 1. The summed E-state index contributed by atoms with van der Waals surface area (Å²) in [5.74, 6) is -0.258. The summed E-state index contributed by atoms with van der Waals surface area (Å²) >= 11 is 0. The molecule has 0 bridgehead atoms. The van der Waals surface area contributed by atoms with E-state index in [9.17, 15) is 14.4 Å². The number of alkyl halides is 1. The molecule has 5 fully saturated rings. The lowest BCUT2D eigenvalue weighted by Gasteiger charge is -2.60. The molecular formula is C27H39FN2O6. The molecule has 0 aromatic heterocycles. The molecule has 36 heavy (non-hydrogen) atoms. The van der Waals surface area contributed by atoms with Crippen molar-refractivity contribution in [1.82, 2.24) is 5.32 Å². The average molecular weight is 507 g/mol. The van der Waals surface area contributed by atoms with Gasteiger partial charge in [0.1, 0.15) is 18.1 Å². The van der Waals surface area contributed by atoms with Gasteiger partial charge in [0.05, 0.1) is 5.71 Å². The predicted molar refractivity (Wildman–Crippen MR) is 131 cm³/mol. The number of carboxylic acid groups (broad SMARTS) is 2. The fourth-order valence-electron chi connectivity index (χ4n) is 7.97. The molecule has 8 atom stereocenters. The van der Waals surface area contributed by atoms with Gasteiger partial charge < -0.3 is 20.4 Å². The Bertz CT molecular complexity index is 915. The van der Waals surface area contributed by atoms with Crippen LogP contribution in [-0.2, 0) is 19.2 Å². The first kappa shape index (κ1) is 26.8. The number of oxime groups is 1. The molecule has 1 unspecified atom stereocenters. The molecule has 200 valence electrons. The molecule has 9 heteroatoms. The number of carboxylic acids is 2. The summed E-state index contributed by atoms with van der Waals surface area (Å²) in [4.78, 5) is 37.3. The molecule has 1 saturated heterocycles. The highest BCUT2D eigenvalue weighted by molar-refractivity contribution is 5.90. The zero-order chi connectivity index (χ0) is 26.1. The number of fused-ring (bicyclic) bond motifs is 5. The van der Waals surface area contributed by atoms with Crippen molar-refractivity contribution in [2.75, 3.05) is 13.1 Å². The Hall–Kier alpha value is -2.29. The number of nitrogens with one attached hydrogen (secondary N) is 1. The standard InChI is InChI=1S/C23H35FN2O2.C4H4O4/c1-22-11-8-19(26-28-14-9-12-25-13-14)21(24)18(22)4-3-15-16-5-6-20(27)23(16,2)10-7-17(15)22;5-3(6)1-2-4(7)8/h14-18,21,25H,3-13H2,1-2H3;1-2H,(H,5,6)(H,7,8)/b26-19+;2-1+/t14-,15+,16+,17+,18?,21+,22-,23+;/m1./s1. The third-order valence-electron chi connectivity index (χ3n) is 9.95. The SMILES string of the molecule is C[C@]12CC/C(=N\O[C@@H]3CCNC3)[C@@H](F)C1CC[C@@H]1[C@@H]2CC[C@]2(C)C(=O)CC[C@@H]12.O=C(O)/C=C/C(=O)O. The van der Waals surface area contributed by atoms with Crippen molar-refractivity contribution in [3.05, 3.63) is 12.2 Å². The number of halogens is 1. The van der Waals surface area contributed by atoms with Crippen LogP contribution in [0.3, 0.4) is 0 Å². The molecule has 8 nitrogen and oxygen atoms in total. The van der Waals surface area contributed by atoms with Crippen LogP contribution in [0.25, 0.3) is 0 Å². The molecule has 5 rings (SSSR count). The van der Waals surface area contributed by atoms with Gasteiger partial charge >= 0.3 is 11.9 Å². The fraction of sp³-hybridized carbons (Fsp3) is 0.778. The molecular weight excluding hydrogens is 467 g/mol. The Kier molecular flexibility index (Phi) is 7.88. The van der Waals surface area contributed by atoms with Crippen molar-refractivity contribution in [3.63, 3.8) is 0 Å². The number of aliphatic carboxylic acids is 2. The Morgan fingerprint density at radius 3 is 2.36 bits per heavy atom. The van der Waals surface area contributed by atoms with Gasteiger partial charge in [-0.15, -0.1) is 0 Å². The number of hydrogen-bond acceptors (Lipinski definition) is 6. The zero-order valence-electron chi connectivity index (χ0n) is 21.2. The summed E-state index contributed by atoms with van der Waals surface area (Å²) in [6, 6.07) is 0. The van der Waals surface area contributed by atoms with Crippen molar-refractivity contribution < 1.29 is 33.8 Å². The van der Waals surface area contributed by atoms with Gasteiger partial charge in [0.2, 0.25) is 0 Å². The van der Waals surface area contributed by atoms with Gasteiger partial charge in [-0.2, -0.15) is 0 Å². The van der Waals surface area contributed by atoms with Gasteiger partial charge in [0.15, 0.2) is 0 Å². The molecule has 5 aliphatic rings. The minimum absolute atomic E-state index is 0.0449. The van der Waals surface area contributed by atoms with E-state index in [1.165, 1.54) is 0 Å². The Labute approximate surface area is 211 Å². The number of carbonyl (C=O) groups excluding carboxylic acids is 1. The largest absolute Gasteiger partial charge is 0.478 e. The molecule has 0 radical (unpaired) electrons. The van der Waals surface area contributed by atoms with E-state index in [-0.39, 0.29) is 22.9 Å². The van der Waals surface area contributed by atoms with Crippen LogP contribution < -0.4 is 5.32 Å². The maximum absolute atomic E-state index is 15.6. The normalized spacial score (nSPS) is 42.8. The van der Waals surface area contributed by atoms with Crippen molar-refractivity contribution >= 4 is 23.4 Å². The Morgan fingerprint density at radius 2 is 1.72 bits per heavy atom. The van der Waals surface area contributed by atoms with E-state index in [1.807, 2.05) is 0 Å². The average Bonchev–Trinajstić information content (AvgIpc) is 3.45. The fourth-order valence-corrected chi connectivity index (χ4v) is 7.97. The number of Topliss-reactive ketones (excluding diaryl/α,β-unsaturated/α-hetero) is 1. The van der Waals surface area contributed by atoms with Crippen molar-refractivity contribution in [3.8, 4) is 0 Å². The Balaban J connectivity index is 0.000000331. The lowest BCUT2D eigenvalue weighted by atomic mass is 9.45. The highest BCUT2D eigenvalue weighted by atomic mass is 19.1. The molecule has 4 aliphatic carbocycles. The summed E-state index contributed by atoms with van der Waals surface area (Å²) in [5, 5.41) is 23.2. The molecule has 0 amide bonds. The first-order valence-corrected chi connectivity index (χ1v) is 13.3. The van der Waals surface area contributed by atoms with Crippen LogP contribution in [0, 0.1) is 34.5 Å². The number of hydrogen-bond donors (Lipinski definition) is 3.